The number of unbranched alkanes of at least 4 members (excludes halogenated alkanes) is 17. The van der Waals surface area contributed by atoms with Crippen molar-refractivity contribution in [2.45, 2.75) is 129 Å². The topological polar surface area (TPSA) is 3.24 Å². The molecule has 0 amide bonds. The van der Waals surface area contributed by atoms with E-state index in [-0.39, 0.29) is 0 Å². The molecule has 0 bridgehead atoms. The Balaban J connectivity index is 1.81. The molecule has 1 rings (SSSR count). The van der Waals surface area contributed by atoms with Crippen LogP contribution in [0.3, 0.4) is 0 Å². The van der Waals surface area contributed by atoms with Gasteiger partial charge in [-0.1, -0.05) is 134 Å². The molecule has 0 saturated carbocycles. The predicted molar refractivity (Wildman–Crippen MR) is 133 cm³/mol. The van der Waals surface area contributed by atoms with Gasteiger partial charge in [0.15, 0.2) is 0 Å². The highest BCUT2D eigenvalue weighted by Crippen LogP contribution is 2.21. The highest BCUT2D eigenvalue weighted by molar-refractivity contribution is 5.52. The van der Waals surface area contributed by atoms with Crippen molar-refractivity contribution in [3.63, 3.8) is 0 Å². The Hall–Kier alpha value is -0.980. The van der Waals surface area contributed by atoms with Gasteiger partial charge < -0.3 is 4.90 Å². The second kappa shape index (κ2) is 19.0. The minimum absolute atomic E-state index is 1.23. The van der Waals surface area contributed by atoms with Crippen molar-refractivity contribution in [3.8, 4) is 0 Å². The summed E-state index contributed by atoms with van der Waals surface area (Å²) >= 11 is 0. The van der Waals surface area contributed by atoms with E-state index >= 15 is 0 Å². The number of hydrogen-bond acceptors (Lipinski definition) is 1. The molecule has 0 spiro atoms. The molecular formula is C28H51N. The van der Waals surface area contributed by atoms with Crippen molar-refractivity contribution in [2.75, 3.05) is 19.0 Å². The fourth-order valence-corrected chi connectivity index (χ4v) is 4.38. The molecule has 1 nitrogen and oxygen atoms in total. The van der Waals surface area contributed by atoms with Gasteiger partial charge in [-0.2, -0.15) is 0 Å². The molecule has 0 heterocycles. The summed E-state index contributed by atoms with van der Waals surface area (Å²) in [5, 5.41) is 0. The van der Waals surface area contributed by atoms with E-state index in [2.05, 4.69) is 50.2 Å². The maximum absolute atomic E-state index is 2.30. The fraction of sp³-hybridized carbons (Fsp3) is 0.786. The van der Waals surface area contributed by atoms with Crippen LogP contribution in [0.2, 0.25) is 0 Å². The fourth-order valence-electron chi connectivity index (χ4n) is 4.38. The van der Waals surface area contributed by atoms with Gasteiger partial charge >= 0.3 is 0 Å². The quantitative estimate of drug-likeness (QED) is 0.197. The minimum atomic E-state index is 1.23. The average Bonchev–Trinajstić information content (AvgIpc) is 2.73. The molecule has 168 valence electrons. The first-order valence-corrected chi connectivity index (χ1v) is 13.0. The van der Waals surface area contributed by atoms with Crippen LogP contribution in [0.15, 0.2) is 24.3 Å². The Bertz CT molecular complexity index is 465. The Labute approximate surface area is 183 Å². The monoisotopic (exact) mass is 401 g/mol. The third-order valence-electron chi connectivity index (χ3n) is 6.27. The molecule has 1 aromatic rings. The van der Waals surface area contributed by atoms with Gasteiger partial charge in [-0.25, -0.2) is 0 Å². The molecule has 0 atom stereocenters. The first-order chi connectivity index (χ1) is 14.3. The molecule has 0 radical (unpaired) electrons. The van der Waals surface area contributed by atoms with Crippen molar-refractivity contribution >= 4 is 5.69 Å². The summed E-state index contributed by atoms with van der Waals surface area (Å²) in [6.45, 7) is 2.30. The van der Waals surface area contributed by atoms with Crippen molar-refractivity contribution in [2.24, 2.45) is 0 Å². The van der Waals surface area contributed by atoms with E-state index < -0.39 is 0 Å². The van der Waals surface area contributed by atoms with E-state index in [1.165, 1.54) is 133 Å². The summed E-state index contributed by atoms with van der Waals surface area (Å²) in [6.07, 6.45) is 27.2. The highest BCUT2D eigenvalue weighted by Gasteiger charge is 2.03. The third-order valence-corrected chi connectivity index (χ3v) is 6.27. The van der Waals surface area contributed by atoms with E-state index in [0.717, 1.165) is 0 Å². The van der Waals surface area contributed by atoms with E-state index in [4.69, 9.17) is 0 Å². The molecule has 1 heteroatoms. The molecule has 0 N–H and O–H groups in total. The Morgan fingerprint density at radius 1 is 0.517 bits per heavy atom. The maximum Gasteiger partial charge on any atom is 0.0393 e. The zero-order chi connectivity index (χ0) is 21.0. The molecule has 0 aliphatic heterocycles. The number of para-hydroxylation sites is 1. The average molecular weight is 402 g/mol. The third kappa shape index (κ3) is 14.6. The second-order valence-electron chi connectivity index (χ2n) is 9.28. The first kappa shape index (κ1) is 26.1. The van der Waals surface area contributed by atoms with Gasteiger partial charge in [0.2, 0.25) is 0 Å². The van der Waals surface area contributed by atoms with E-state index in [0.29, 0.717) is 0 Å². The van der Waals surface area contributed by atoms with Gasteiger partial charge in [0, 0.05) is 19.8 Å². The molecule has 0 saturated heterocycles. The molecule has 0 aliphatic carbocycles. The van der Waals surface area contributed by atoms with Crippen LogP contribution in [0.4, 0.5) is 5.69 Å². The molecule has 0 unspecified atom stereocenters. The Morgan fingerprint density at radius 2 is 0.897 bits per heavy atom. The number of anilines is 1. The first-order valence-electron chi connectivity index (χ1n) is 13.0. The largest absolute Gasteiger partial charge is 0.377 e. The van der Waals surface area contributed by atoms with Crippen LogP contribution in [-0.2, 0) is 6.42 Å². The lowest BCUT2D eigenvalue weighted by Crippen LogP contribution is -2.11. The molecular weight excluding hydrogens is 350 g/mol. The maximum atomic E-state index is 2.30. The number of rotatable bonds is 20. The molecule has 1 aromatic carbocycles. The van der Waals surface area contributed by atoms with Gasteiger partial charge in [-0.05, 0) is 24.5 Å². The molecule has 29 heavy (non-hydrogen) atoms. The van der Waals surface area contributed by atoms with Crippen molar-refractivity contribution in [3.05, 3.63) is 29.8 Å². The Kier molecular flexibility index (Phi) is 17.1. The SMILES string of the molecule is CCCCCCCCCCCCCCCCCCCCc1ccccc1N(C)C. The van der Waals surface area contributed by atoms with Crippen LogP contribution >= 0.6 is 0 Å². The van der Waals surface area contributed by atoms with Crippen LogP contribution in [0.25, 0.3) is 0 Å². The van der Waals surface area contributed by atoms with Crippen LogP contribution in [-0.4, -0.2) is 14.1 Å². The van der Waals surface area contributed by atoms with E-state index in [1.54, 1.807) is 0 Å². The summed E-state index contributed by atoms with van der Waals surface area (Å²) in [5.41, 5.74) is 2.90. The number of benzene rings is 1. The highest BCUT2D eigenvalue weighted by atomic mass is 15.1. The second-order valence-corrected chi connectivity index (χ2v) is 9.28. The van der Waals surface area contributed by atoms with E-state index in [1.807, 2.05) is 0 Å². The molecule has 0 aromatic heterocycles. The van der Waals surface area contributed by atoms with Gasteiger partial charge in [-0.3, -0.25) is 0 Å². The van der Waals surface area contributed by atoms with Crippen molar-refractivity contribution < 1.29 is 0 Å². The molecule has 0 aliphatic rings. The van der Waals surface area contributed by atoms with Crippen LogP contribution in [0.1, 0.15) is 128 Å². The normalized spacial score (nSPS) is 11.1. The smallest absolute Gasteiger partial charge is 0.0393 e. The summed E-state index contributed by atoms with van der Waals surface area (Å²) in [7, 11) is 4.29. The number of aryl methyl sites for hydroxylation is 1. The van der Waals surface area contributed by atoms with Crippen molar-refractivity contribution in [1.82, 2.24) is 0 Å². The van der Waals surface area contributed by atoms with Gasteiger partial charge in [0.05, 0.1) is 0 Å². The summed E-state index contributed by atoms with van der Waals surface area (Å²) in [5.74, 6) is 0. The summed E-state index contributed by atoms with van der Waals surface area (Å²) < 4.78 is 0. The summed E-state index contributed by atoms with van der Waals surface area (Å²) in [4.78, 5) is 2.24. The zero-order valence-electron chi connectivity index (χ0n) is 20.2. The lowest BCUT2D eigenvalue weighted by molar-refractivity contribution is 0.525. The van der Waals surface area contributed by atoms with Crippen molar-refractivity contribution in [1.29, 1.82) is 0 Å². The molecule has 0 fully saturated rings. The lowest BCUT2D eigenvalue weighted by atomic mass is 10.0. The Morgan fingerprint density at radius 3 is 1.31 bits per heavy atom. The van der Waals surface area contributed by atoms with Gasteiger partial charge in [0.1, 0.15) is 0 Å². The standard InChI is InChI=1S/C28H51N/c1-4-5-6-7-8-9-10-11-12-13-14-15-16-17-18-19-20-21-24-27-25-22-23-26-28(27)29(2)3/h22-23,25-26H,4-21,24H2,1-3H3. The van der Waals surface area contributed by atoms with Gasteiger partial charge in [-0.15, -0.1) is 0 Å². The van der Waals surface area contributed by atoms with E-state index in [9.17, 15) is 0 Å². The van der Waals surface area contributed by atoms with Crippen LogP contribution in [0.5, 0.6) is 0 Å². The van der Waals surface area contributed by atoms with Crippen LogP contribution in [0, 0.1) is 0 Å². The predicted octanol–water partition coefficient (Wildman–Crippen LogP) is 9.34. The number of nitrogens with zero attached hydrogens (tertiary/aromatic N) is 1. The number of hydrogen-bond donors (Lipinski definition) is 0. The van der Waals surface area contributed by atoms with Crippen LogP contribution < -0.4 is 4.90 Å². The lowest BCUT2D eigenvalue weighted by Gasteiger charge is -2.17. The van der Waals surface area contributed by atoms with Gasteiger partial charge in [0.25, 0.3) is 0 Å². The summed E-state index contributed by atoms with van der Waals surface area (Å²) in [6, 6.07) is 8.86. The zero-order valence-corrected chi connectivity index (χ0v) is 20.2. The minimum Gasteiger partial charge on any atom is -0.377 e.